The first-order chi connectivity index (χ1) is 9.54. The van der Waals surface area contributed by atoms with E-state index in [1.54, 1.807) is 4.90 Å². The number of nitrogens with two attached hydrogens (primary N) is 1. The van der Waals surface area contributed by atoms with Crippen molar-refractivity contribution in [2.45, 2.75) is 6.42 Å². The molecule has 0 radical (unpaired) electrons. The van der Waals surface area contributed by atoms with Crippen molar-refractivity contribution < 1.29 is 14.0 Å². The molecule has 0 aliphatic carbocycles. The molecule has 4 N–H and O–H groups in total. The highest BCUT2D eigenvalue weighted by Crippen LogP contribution is 2.19. The molecule has 20 heavy (non-hydrogen) atoms. The molecule has 0 aromatic heterocycles. The van der Waals surface area contributed by atoms with E-state index >= 15 is 0 Å². The number of hydrogen-bond acceptors (Lipinski definition) is 4. The molecule has 1 aromatic carbocycles. The van der Waals surface area contributed by atoms with E-state index in [0.29, 0.717) is 18.8 Å². The maximum absolute atomic E-state index is 13.1. The minimum atomic E-state index is -0.469. The predicted molar refractivity (Wildman–Crippen MR) is 73.5 cm³/mol. The molecule has 0 saturated carbocycles. The van der Waals surface area contributed by atoms with Gasteiger partial charge in [-0.1, -0.05) is 0 Å². The van der Waals surface area contributed by atoms with Crippen LogP contribution in [0.2, 0.25) is 0 Å². The number of anilines is 2. The summed E-state index contributed by atoms with van der Waals surface area (Å²) in [7, 11) is 0. The Morgan fingerprint density at radius 2 is 2.30 bits per heavy atom. The number of rotatable bonds is 3. The number of halogens is 1. The third kappa shape index (κ3) is 3.92. The molecule has 2 rings (SSSR count). The number of nitrogens with one attached hydrogen (secondary N) is 2. The number of nitrogen functional groups attached to an aromatic ring is 1. The van der Waals surface area contributed by atoms with Crippen LogP contribution in [0.15, 0.2) is 18.2 Å². The van der Waals surface area contributed by atoms with Crippen LogP contribution in [0.5, 0.6) is 0 Å². The van der Waals surface area contributed by atoms with Crippen LogP contribution < -0.4 is 16.4 Å². The highest BCUT2D eigenvalue weighted by Gasteiger charge is 2.17. The molecule has 1 aliphatic rings. The fraction of sp³-hybridized carbons (Fsp3) is 0.385. The lowest BCUT2D eigenvalue weighted by Crippen LogP contribution is -2.38. The standard InChI is InChI=1S/C13H17FN4O2/c14-9-2-3-10(15)11(6-9)17-13(20)8-18-5-1-4-16-12(19)7-18/h2-3,6H,1,4-5,7-8,15H2,(H,16,19)(H,17,20). The fourth-order valence-corrected chi connectivity index (χ4v) is 2.03. The van der Waals surface area contributed by atoms with Crippen LogP contribution >= 0.6 is 0 Å². The van der Waals surface area contributed by atoms with Crippen LogP contribution in [0, 0.1) is 5.82 Å². The van der Waals surface area contributed by atoms with Gasteiger partial charge in [0.05, 0.1) is 24.5 Å². The van der Waals surface area contributed by atoms with Crippen molar-refractivity contribution in [3.05, 3.63) is 24.0 Å². The van der Waals surface area contributed by atoms with Crippen LogP contribution in [-0.2, 0) is 9.59 Å². The monoisotopic (exact) mass is 280 g/mol. The van der Waals surface area contributed by atoms with Crippen molar-refractivity contribution >= 4 is 23.2 Å². The van der Waals surface area contributed by atoms with Crippen molar-refractivity contribution in [3.8, 4) is 0 Å². The first-order valence-corrected chi connectivity index (χ1v) is 6.38. The molecular weight excluding hydrogens is 263 g/mol. The average molecular weight is 280 g/mol. The highest BCUT2D eigenvalue weighted by molar-refractivity contribution is 5.95. The molecular formula is C13H17FN4O2. The number of benzene rings is 1. The minimum Gasteiger partial charge on any atom is -0.397 e. The first kappa shape index (κ1) is 14.3. The fourth-order valence-electron chi connectivity index (χ4n) is 2.03. The van der Waals surface area contributed by atoms with Gasteiger partial charge in [0.15, 0.2) is 0 Å². The molecule has 1 fully saturated rings. The zero-order valence-electron chi connectivity index (χ0n) is 11.0. The van der Waals surface area contributed by atoms with Gasteiger partial charge in [0.2, 0.25) is 11.8 Å². The van der Waals surface area contributed by atoms with E-state index in [4.69, 9.17) is 5.73 Å². The third-order valence-corrected chi connectivity index (χ3v) is 3.00. The number of carbonyl (C=O) groups excluding carboxylic acids is 2. The van der Waals surface area contributed by atoms with Crippen LogP contribution in [0.25, 0.3) is 0 Å². The molecule has 0 bridgehead atoms. The molecule has 2 amide bonds. The summed E-state index contributed by atoms with van der Waals surface area (Å²) in [5.41, 5.74) is 6.20. The van der Waals surface area contributed by atoms with Gasteiger partial charge >= 0.3 is 0 Å². The van der Waals surface area contributed by atoms with E-state index in [0.717, 1.165) is 6.42 Å². The molecule has 7 heteroatoms. The smallest absolute Gasteiger partial charge is 0.238 e. The van der Waals surface area contributed by atoms with Gasteiger partial charge in [-0.3, -0.25) is 14.5 Å². The second-order valence-electron chi connectivity index (χ2n) is 4.69. The Labute approximate surface area is 116 Å². The zero-order chi connectivity index (χ0) is 14.5. The van der Waals surface area contributed by atoms with Gasteiger partial charge in [-0.15, -0.1) is 0 Å². The largest absolute Gasteiger partial charge is 0.397 e. The molecule has 0 atom stereocenters. The van der Waals surface area contributed by atoms with E-state index in [-0.39, 0.29) is 30.6 Å². The molecule has 0 unspecified atom stereocenters. The molecule has 1 aromatic rings. The molecule has 108 valence electrons. The SMILES string of the molecule is Nc1ccc(F)cc1NC(=O)CN1CCCNC(=O)C1. The van der Waals surface area contributed by atoms with Gasteiger partial charge in [0.1, 0.15) is 5.82 Å². The maximum atomic E-state index is 13.1. The summed E-state index contributed by atoms with van der Waals surface area (Å²) in [6.45, 7) is 1.54. The van der Waals surface area contributed by atoms with Crippen molar-refractivity contribution in [3.63, 3.8) is 0 Å². The Kier molecular flexibility index (Phi) is 4.52. The number of carbonyl (C=O) groups is 2. The average Bonchev–Trinajstić information content (AvgIpc) is 2.58. The quantitative estimate of drug-likeness (QED) is 0.689. The topological polar surface area (TPSA) is 87.5 Å². The van der Waals surface area contributed by atoms with E-state index in [9.17, 15) is 14.0 Å². The second-order valence-corrected chi connectivity index (χ2v) is 4.69. The molecule has 0 spiro atoms. The Morgan fingerprint density at radius 3 is 3.10 bits per heavy atom. The Hall–Kier alpha value is -2.15. The van der Waals surface area contributed by atoms with Crippen LogP contribution in [0.4, 0.5) is 15.8 Å². The summed E-state index contributed by atoms with van der Waals surface area (Å²) in [6.07, 6.45) is 0.793. The minimum absolute atomic E-state index is 0.0728. The van der Waals surface area contributed by atoms with Gasteiger partial charge in [-0.2, -0.15) is 0 Å². The summed E-state index contributed by atoms with van der Waals surface area (Å²) in [5, 5.41) is 5.29. The van der Waals surface area contributed by atoms with Crippen molar-refractivity contribution in [1.29, 1.82) is 0 Å². The normalized spacial score (nSPS) is 16.4. The van der Waals surface area contributed by atoms with Gasteiger partial charge < -0.3 is 16.4 Å². The van der Waals surface area contributed by atoms with Crippen molar-refractivity contribution in [2.24, 2.45) is 0 Å². The summed E-state index contributed by atoms with van der Waals surface area (Å²) in [6, 6.07) is 3.79. The van der Waals surface area contributed by atoms with Crippen LogP contribution in [0.1, 0.15) is 6.42 Å². The number of hydrogen-bond donors (Lipinski definition) is 3. The predicted octanol–water partition coefficient (Wildman–Crippen LogP) is 0.168. The summed E-state index contributed by atoms with van der Waals surface area (Å²) < 4.78 is 13.1. The van der Waals surface area contributed by atoms with Crippen molar-refractivity contribution in [1.82, 2.24) is 10.2 Å². The molecule has 1 aliphatic heterocycles. The van der Waals surface area contributed by atoms with E-state index in [2.05, 4.69) is 10.6 Å². The Balaban J connectivity index is 1.94. The molecule has 6 nitrogen and oxygen atoms in total. The van der Waals surface area contributed by atoms with Gasteiger partial charge in [0, 0.05) is 13.1 Å². The highest BCUT2D eigenvalue weighted by atomic mass is 19.1. The summed E-state index contributed by atoms with van der Waals surface area (Å²) in [5.74, 6) is -0.888. The first-order valence-electron chi connectivity index (χ1n) is 6.38. The number of amides is 2. The lowest BCUT2D eigenvalue weighted by atomic mass is 10.2. The lowest BCUT2D eigenvalue weighted by molar-refractivity contribution is -0.122. The Bertz CT molecular complexity index is 521. The van der Waals surface area contributed by atoms with Crippen LogP contribution in [0.3, 0.4) is 0 Å². The second kappa shape index (κ2) is 6.33. The maximum Gasteiger partial charge on any atom is 0.238 e. The Morgan fingerprint density at radius 1 is 1.50 bits per heavy atom. The van der Waals surface area contributed by atoms with Gasteiger partial charge in [-0.25, -0.2) is 4.39 Å². The molecule has 1 heterocycles. The number of nitrogens with zero attached hydrogens (tertiary/aromatic N) is 1. The van der Waals surface area contributed by atoms with E-state index in [1.165, 1.54) is 18.2 Å². The van der Waals surface area contributed by atoms with Crippen molar-refractivity contribution in [2.75, 3.05) is 37.2 Å². The van der Waals surface area contributed by atoms with Gasteiger partial charge in [-0.05, 0) is 24.6 Å². The third-order valence-electron chi connectivity index (χ3n) is 3.00. The molecule has 1 saturated heterocycles. The zero-order valence-corrected chi connectivity index (χ0v) is 11.0. The summed E-state index contributed by atoms with van der Waals surface area (Å²) in [4.78, 5) is 25.0. The van der Waals surface area contributed by atoms with E-state index < -0.39 is 5.82 Å². The van der Waals surface area contributed by atoms with Gasteiger partial charge in [0.25, 0.3) is 0 Å². The summed E-state index contributed by atoms with van der Waals surface area (Å²) >= 11 is 0. The lowest BCUT2D eigenvalue weighted by Gasteiger charge is -2.18. The van der Waals surface area contributed by atoms with E-state index in [1.807, 2.05) is 0 Å². The van der Waals surface area contributed by atoms with Crippen LogP contribution in [-0.4, -0.2) is 42.9 Å².